The number of carboxylic acid groups (broad SMARTS) is 1. The Balaban J connectivity index is 1.52. The number of guanidine groups is 1. The van der Waals surface area contributed by atoms with Crippen molar-refractivity contribution in [1.82, 2.24) is 5.32 Å². The van der Waals surface area contributed by atoms with E-state index < -0.39 is 5.97 Å². The molecule has 152 valence electrons. The number of benzene rings is 2. The van der Waals surface area contributed by atoms with Gasteiger partial charge in [0.15, 0.2) is 5.96 Å². The molecule has 7 nitrogen and oxygen atoms in total. The second kappa shape index (κ2) is 9.23. The van der Waals surface area contributed by atoms with Crippen LogP contribution in [0.1, 0.15) is 36.0 Å². The number of hydrogen-bond donors (Lipinski definition) is 4. The number of hydrogen-bond acceptors (Lipinski definition) is 4. The normalized spacial score (nSPS) is 18.6. The van der Waals surface area contributed by atoms with Gasteiger partial charge in [0, 0.05) is 6.54 Å². The van der Waals surface area contributed by atoms with Crippen molar-refractivity contribution in [2.45, 2.75) is 25.7 Å². The Hall–Kier alpha value is -3.35. The van der Waals surface area contributed by atoms with Gasteiger partial charge in [-0.15, -0.1) is 0 Å². The van der Waals surface area contributed by atoms with Crippen LogP contribution in [0.5, 0.6) is 5.75 Å². The van der Waals surface area contributed by atoms with Crippen LogP contribution in [0.3, 0.4) is 0 Å². The van der Waals surface area contributed by atoms with Gasteiger partial charge in [-0.1, -0.05) is 24.3 Å². The SMILES string of the molecule is N=C(N)NC[C@H]1CC[C@H](C(=O)Oc2ccc(-c3ccc(C(=O)O)cc3)cc2)CC1. The van der Waals surface area contributed by atoms with E-state index in [9.17, 15) is 9.59 Å². The quantitative estimate of drug-likeness (QED) is 0.257. The lowest BCUT2D eigenvalue weighted by Gasteiger charge is -2.27. The second-order valence-corrected chi connectivity index (χ2v) is 7.34. The lowest BCUT2D eigenvalue weighted by molar-refractivity contribution is -0.140. The van der Waals surface area contributed by atoms with Crippen LogP contribution in [0.15, 0.2) is 48.5 Å². The number of carboxylic acids is 1. The van der Waals surface area contributed by atoms with Crippen LogP contribution < -0.4 is 15.8 Å². The minimum absolute atomic E-state index is 0.0205. The van der Waals surface area contributed by atoms with Gasteiger partial charge < -0.3 is 20.9 Å². The molecule has 0 spiro atoms. The highest BCUT2D eigenvalue weighted by Gasteiger charge is 2.27. The maximum atomic E-state index is 12.4. The number of nitrogens with two attached hydrogens (primary N) is 1. The molecule has 29 heavy (non-hydrogen) atoms. The minimum atomic E-state index is -0.956. The first-order chi connectivity index (χ1) is 13.9. The van der Waals surface area contributed by atoms with Crippen LogP contribution in [-0.4, -0.2) is 29.5 Å². The Labute approximate surface area is 169 Å². The maximum Gasteiger partial charge on any atom is 0.335 e. The molecule has 5 N–H and O–H groups in total. The summed E-state index contributed by atoms with van der Waals surface area (Å²) in [7, 11) is 0. The molecule has 0 aromatic heterocycles. The van der Waals surface area contributed by atoms with Crippen molar-refractivity contribution in [3.8, 4) is 16.9 Å². The Bertz CT molecular complexity index is 870. The van der Waals surface area contributed by atoms with E-state index in [4.69, 9.17) is 21.0 Å². The molecule has 3 rings (SSSR count). The predicted octanol–water partition coefficient (Wildman–Crippen LogP) is 3.25. The van der Waals surface area contributed by atoms with Crippen LogP contribution in [0, 0.1) is 17.2 Å². The van der Waals surface area contributed by atoms with E-state index in [-0.39, 0.29) is 23.4 Å². The largest absolute Gasteiger partial charge is 0.478 e. The molecule has 0 unspecified atom stereocenters. The summed E-state index contributed by atoms with van der Waals surface area (Å²) in [6.45, 7) is 0.673. The van der Waals surface area contributed by atoms with Gasteiger partial charge in [-0.05, 0) is 67.0 Å². The van der Waals surface area contributed by atoms with Gasteiger partial charge >= 0.3 is 11.9 Å². The monoisotopic (exact) mass is 395 g/mol. The summed E-state index contributed by atoms with van der Waals surface area (Å²) in [5.74, 6) is -0.361. The van der Waals surface area contributed by atoms with Crippen molar-refractivity contribution in [1.29, 1.82) is 5.41 Å². The molecule has 0 bridgehead atoms. The van der Waals surface area contributed by atoms with Crippen molar-refractivity contribution < 1.29 is 19.4 Å². The number of carbonyl (C=O) groups excluding carboxylic acids is 1. The Morgan fingerprint density at radius 2 is 1.55 bits per heavy atom. The highest BCUT2D eigenvalue weighted by atomic mass is 16.5. The molecule has 2 aromatic rings. The Morgan fingerprint density at radius 1 is 1.00 bits per heavy atom. The van der Waals surface area contributed by atoms with Crippen LogP contribution in [0.2, 0.25) is 0 Å². The first-order valence-corrected chi connectivity index (χ1v) is 9.65. The van der Waals surface area contributed by atoms with Crippen molar-refractivity contribution >= 4 is 17.9 Å². The molecule has 1 aliphatic carbocycles. The van der Waals surface area contributed by atoms with Gasteiger partial charge in [0.05, 0.1) is 11.5 Å². The average molecular weight is 395 g/mol. The highest BCUT2D eigenvalue weighted by molar-refractivity contribution is 5.88. The van der Waals surface area contributed by atoms with Gasteiger partial charge in [0.1, 0.15) is 5.75 Å². The van der Waals surface area contributed by atoms with Gasteiger partial charge in [-0.25, -0.2) is 4.79 Å². The molecular formula is C22H25N3O4. The molecule has 0 radical (unpaired) electrons. The zero-order valence-electron chi connectivity index (χ0n) is 16.1. The number of nitrogens with one attached hydrogen (secondary N) is 2. The van der Waals surface area contributed by atoms with Gasteiger partial charge in [-0.3, -0.25) is 10.2 Å². The van der Waals surface area contributed by atoms with E-state index in [0.29, 0.717) is 18.2 Å². The van der Waals surface area contributed by atoms with Crippen LogP contribution >= 0.6 is 0 Å². The third-order valence-corrected chi connectivity index (χ3v) is 5.30. The van der Waals surface area contributed by atoms with E-state index in [1.807, 2.05) is 12.1 Å². The third-order valence-electron chi connectivity index (χ3n) is 5.30. The molecule has 0 heterocycles. The summed E-state index contributed by atoms with van der Waals surface area (Å²) in [5, 5.41) is 19.0. The van der Waals surface area contributed by atoms with E-state index in [1.54, 1.807) is 36.4 Å². The molecular weight excluding hydrogens is 370 g/mol. The van der Waals surface area contributed by atoms with E-state index in [0.717, 1.165) is 36.8 Å². The van der Waals surface area contributed by atoms with Gasteiger partial charge in [-0.2, -0.15) is 0 Å². The molecule has 0 amide bonds. The molecule has 1 aliphatic rings. The van der Waals surface area contributed by atoms with Crippen molar-refractivity contribution in [2.24, 2.45) is 17.6 Å². The van der Waals surface area contributed by atoms with Crippen molar-refractivity contribution in [2.75, 3.05) is 6.54 Å². The van der Waals surface area contributed by atoms with Crippen molar-refractivity contribution in [3.63, 3.8) is 0 Å². The Morgan fingerprint density at radius 3 is 2.07 bits per heavy atom. The number of rotatable bonds is 6. The summed E-state index contributed by atoms with van der Waals surface area (Å²) in [6, 6.07) is 13.8. The topological polar surface area (TPSA) is 126 Å². The summed E-state index contributed by atoms with van der Waals surface area (Å²) < 4.78 is 5.54. The van der Waals surface area contributed by atoms with Gasteiger partial charge in [0.25, 0.3) is 0 Å². The van der Waals surface area contributed by atoms with Gasteiger partial charge in [0.2, 0.25) is 0 Å². The molecule has 0 atom stereocenters. The first kappa shape index (κ1) is 20.4. The number of aromatic carboxylic acids is 1. The third kappa shape index (κ3) is 5.57. The number of carbonyl (C=O) groups is 2. The standard InChI is InChI=1S/C22H25N3O4/c23-22(24)25-13-14-1-3-18(4-2-14)21(28)29-19-11-9-16(10-12-19)15-5-7-17(8-6-15)20(26)27/h5-12,14,18H,1-4,13H2,(H,26,27)(H4,23,24,25)/t14-,18-. The van der Waals surface area contributed by atoms with Crippen LogP contribution in [0.25, 0.3) is 11.1 Å². The predicted molar refractivity (Wildman–Crippen MR) is 110 cm³/mol. The zero-order chi connectivity index (χ0) is 20.8. The van der Waals surface area contributed by atoms with E-state index >= 15 is 0 Å². The first-order valence-electron chi connectivity index (χ1n) is 9.65. The number of ether oxygens (including phenoxy) is 1. The average Bonchev–Trinajstić information content (AvgIpc) is 2.73. The van der Waals surface area contributed by atoms with Crippen LogP contribution in [0.4, 0.5) is 0 Å². The molecule has 0 aliphatic heterocycles. The highest BCUT2D eigenvalue weighted by Crippen LogP contribution is 2.30. The molecule has 1 saturated carbocycles. The lowest BCUT2D eigenvalue weighted by atomic mass is 9.82. The molecule has 7 heteroatoms. The number of esters is 1. The molecule has 2 aromatic carbocycles. The summed E-state index contributed by atoms with van der Waals surface area (Å²) in [4.78, 5) is 23.4. The maximum absolute atomic E-state index is 12.4. The lowest BCUT2D eigenvalue weighted by Crippen LogP contribution is -2.36. The minimum Gasteiger partial charge on any atom is -0.478 e. The summed E-state index contributed by atoms with van der Waals surface area (Å²) >= 11 is 0. The molecule has 1 fully saturated rings. The summed E-state index contributed by atoms with van der Waals surface area (Å²) in [6.07, 6.45) is 3.37. The fraction of sp³-hybridized carbons (Fsp3) is 0.318. The molecule has 0 saturated heterocycles. The fourth-order valence-electron chi connectivity index (χ4n) is 3.58. The second-order valence-electron chi connectivity index (χ2n) is 7.34. The Kier molecular flexibility index (Phi) is 6.49. The van der Waals surface area contributed by atoms with Crippen molar-refractivity contribution in [3.05, 3.63) is 54.1 Å². The van der Waals surface area contributed by atoms with E-state index in [1.165, 1.54) is 0 Å². The van der Waals surface area contributed by atoms with Crippen LogP contribution in [-0.2, 0) is 4.79 Å². The smallest absolute Gasteiger partial charge is 0.335 e. The van der Waals surface area contributed by atoms with E-state index in [2.05, 4.69) is 5.32 Å². The summed E-state index contributed by atoms with van der Waals surface area (Å²) in [5.41, 5.74) is 7.36. The fourth-order valence-corrected chi connectivity index (χ4v) is 3.58. The zero-order valence-corrected chi connectivity index (χ0v) is 16.1.